The summed E-state index contributed by atoms with van der Waals surface area (Å²) < 4.78 is 11.6. The molecule has 0 saturated carbocycles. The van der Waals surface area contributed by atoms with Crippen molar-refractivity contribution in [1.29, 1.82) is 0 Å². The van der Waals surface area contributed by atoms with Crippen molar-refractivity contribution < 1.29 is 19.1 Å². The van der Waals surface area contributed by atoms with Crippen LogP contribution in [0.4, 0.5) is 11.4 Å². The van der Waals surface area contributed by atoms with Gasteiger partial charge >= 0.3 is 0 Å². The molecule has 8 heteroatoms. The van der Waals surface area contributed by atoms with E-state index in [0.717, 1.165) is 5.01 Å². The number of carbonyl (C=O) groups excluding carboxylic acids is 2. The highest BCUT2D eigenvalue weighted by Crippen LogP contribution is 2.38. The van der Waals surface area contributed by atoms with Crippen molar-refractivity contribution in [2.75, 3.05) is 23.8 Å². The van der Waals surface area contributed by atoms with E-state index in [1.807, 2.05) is 26.8 Å². The Kier molecular flexibility index (Phi) is 7.94. The fourth-order valence-electron chi connectivity index (χ4n) is 3.20. The second-order valence-corrected chi connectivity index (χ2v) is 9.67. The molecule has 0 bridgehead atoms. The number of rotatable bonds is 8. The number of aromatic nitrogens is 1. The molecule has 0 spiro atoms. The predicted octanol–water partition coefficient (Wildman–Crippen LogP) is 6.05. The first-order valence-electron chi connectivity index (χ1n) is 11.2. The van der Waals surface area contributed by atoms with E-state index < -0.39 is 0 Å². The van der Waals surface area contributed by atoms with Gasteiger partial charge in [0.2, 0.25) is 0 Å². The molecule has 0 aliphatic heterocycles. The summed E-state index contributed by atoms with van der Waals surface area (Å²) in [5, 5.41) is 6.73. The van der Waals surface area contributed by atoms with Crippen molar-refractivity contribution in [3.8, 4) is 11.5 Å². The van der Waals surface area contributed by atoms with Crippen LogP contribution in [0, 0.1) is 6.92 Å². The monoisotopic (exact) mass is 481 g/mol. The number of benzene rings is 2. The predicted molar refractivity (Wildman–Crippen MR) is 137 cm³/mol. The lowest BCUT2D eigenvalue weighted by molar-refractivity contribution is 0.101. The van der Waals surface area contributed by atoms with Gasteiger partial charge in [-0.2, -0.15) is 0 Å². The van der Waals surface area contributed by atoms with Gasteiger partial charge in [-0.25, -0.2) is 4.98 Å². The molecule has 3 rings (SSSR count). The fraction of sp³-hybridized carbons (Fsp3) is 0.346. The van der Waals surface area contributed by atoms with E-state index in [4.69, 9.17) is 9.47 Å². The van der Waals surface area contributed by atoms with Gasteiger partial charge in [0.15, 0.2) is 0 Å². The Bertz CT molecular complexity index is 1170. The van der Waals surface area contributed by atoms with Crippen LogP contribution in [0.25, 0.3) is 0 Å². The van der Waals surface area contributed by atoms with Crippen LogP contribution in [-0.4, -0.2) is 30.0 Å². The van der Waals surface area contributed by atoms with Gasteiger partial charge in [-0.15, -0.1) is 11.3 Å². The second kappa shape index (κ2) is 10.7. The molecule has 0 aliphatic rings. The molecule has 1 aromatic heterocycles. The summed E-state index contributed by atoms with van der Waals surface area (Å²) in [4.78, 5) is 31.0. The Labute approximate surface area is 204 Å². The molecule has 34 heavy (non-hydrogen) atoms. The Balaban J connectivity index is 1.94. The summed E-state index contributed by atoms with van der Waals surface area (Å²) in [6, 6.07) is 12.3. The van der Waals surface area contributed by atoms with Crippen molar-refractivity contribution in [3.05, 3.63) is 63.6 Å². The number of thiazole rings is 1. The Morgan fingerprint density at radius 2 is 1.44 bits per heavy atom. The lowest BCUT2D eigenvalue weighted by atomic mass is 9.98. The number of nitrogens with zero attached hydrogens (tertiary/aromatic N) is 1. The standard InChI is InChI=1S/C26H31N3O4S/c1-7-32-20-15-19(29-24(31)22-16(3)27-25(34-22)26(4,5)6)21(33-8-2)14-18(20)28-23(30)17-12-10-9-11-13-17/h9-15H,7-8H2,1-6H3,(H,28,30)(H,29,31). The SMILES string of the molecule is CCOc1cc(NC(=O)c2sc(C(C)(C)C)nc2C)c(OCC)cc1NC(=O)c1ccccc1. The van der Waals surface area contributed by atoms with E-state index in [-0.39, 0.29) is 17.2 Å². The molecule has 7 nitrogen and oxygen atoms in total. The van der Waals surface area contributed by atoms with Gasteiger partial charge in [0.05, 0.1) is 35.3 Å². The van der Waals surface area contributed by atoms with E-state index in [1.54, 1.807) is 36.4 Å². The van der Waals surface area contributed by atoms with Crippen molar-refractivity contribution in [2.45, 2.75) is 47.0 Å². The highest BCUT2D eigenvalue weighted by atomic mass is 32.1. The largest absolute Gasteiger partial charge is 0.492 e. The van der Waals surface area contributed by atoms with E-state index >= 15 is 0 Å². The molecule has 180 valence electrons. The summed E-state index contributed by atoms with van der Waals surface area (Å²) in [6.45, 7) is 12.5. The summed E-state index contributed by atoms with van der Waals surface area (Å²) in [5.74, 6) is 0.327. The third-order valence-corrected chi connectivity index (χ3v) is 6.44. The molecule has 0 unspecified atom stereocenters. The normalized spacial score (nSPS) is 11.1. The number of nitrogens with one attached hydrogen (secondary N) is 2. The van der Waals surface area contributed by atoms with Crippen molar-refractivity contribution in [1.82, 2.24) is 4.98 Å². The van der Waals surface area contributed by atoms with Crippen molar-refractivity contribution >= 4 is 34.5 Å². The smallest absolute Gasteiger partial charge is 0.267 e. The molecule has 3 aromatic rings. The summed E-state index contributed by atoms with van der Waals surface area (Å²) >= 11 is 1.38. The quantitative estimate of drug-likeness (QED) is 0.409. The molecule has 0 fully saturated rings. The summed E-state index contributed by atoms with van der Waals surface area (Å²) in [7, 11) is 0. The van der Waals surface area contributed by atoms with Crippen LogP contribution in [-0.2, 0) is 5.41 Å². The number of ether oxygens (including phenoxy) is 2. The Hall–Kier alpha value is -3.39. The zero-order valence-corrected chi connectivity index (χ0v) is 21.3. The Morgan fingerprint density at radius 1 is 0.912 bits per heavy atom. The number of amides is 2. The molecular weight excluding hydrogens is 450 g/mol. The summed E-state index contributed by atoms with van der Waals surface area (Å²) in [5.41, 5.74) is 1.97. The fourth-order valence-corrected chi connectivity index (χ4v) is 4.22. The highest BCUT2D eigenvalue weighted by Gasteiger charge is 2.24. The van der Waals surface area contributed by atoms with Gasteiger partial charge in [0.1, 0.15) is 16.4 Å². The minimum atomic E-state index is -0.269. The molecule has 2 amide bonds. The highest BCUT2D eigenvalue weighted by molar-refractivity contribution is 7.14. The number of anilines is 2. The van der Waals surface area contributed by atoms with Crippen LogP contribution >= 0.6 is 11.3 Å². The first kappa shape index (κ1) is 25.2. The average Bonchev–Trinajstić information content (AvgIpc) is 3.19. The van der Waals surface area contributed by atoms with Gasteiger partial charge in [0, 0.05) is 23.1 Å². The van der Waals surface area contributed by atoms with E-state index in [1.165, 1.54) is 11.3 Å². The lowest BCUT2D eigenvalue weighted by Crippen LogP contribution is -2.15. The molecule has 0 radical (unpaired) electrons. The molecule has 0 aliphatic carbocycles. The van der Waals surface area contributed by atoms with Crippen LogP contribution < -0.4 is 20.1 Å². The first-order chi connectivity index (χ1) is 16.1. The molecule has 1 heterocycles. The minimum absolute atomic E-state index is 0.148. The van der Waals surface area contributed by atoms with Gasteiger partial charge < -0.3 is 20.1 Å². The molecular formula is C26H31N3O4S. The molecule has 0 atom stereocenters. The maximum absolute atomic E-state index is 13.1. The topological polar surface area (TPSA) is 89.6 Å². The van der Waals surface area contributed by atoms with Crippen LogP contribution in [0.2, 0.25) is 0 Å². The lowest BCUT2D eigenvalue weighted by Gasteiger charge is -2.18. The van der Waals surface area contributed by atoms with E-state index in [2.05, 4.69) is 36.4 Å². The van der Waals surface area contributed by atoms with E-state index in [0.29, 0.717) is 52.2 Å². The zero-order chi connectivity index (χ0) is 24.9. The maximum Gasteiger partial charge on any atom is 0.267 e. The average molecular weight is 482 g/mol. The van der Waals surface area contributed by atoms with Crippen molar-refractivity contribution in [3.63, 3.8) is 0 Å². The van der Waals surface area contributed by atoms with Crippen LogP contribution in [0.15, 0.2) is 42.5 Å². The third kappa shape index (κ3) is 5.94. The number of hydrogen-bond acceptors (Lipinski definition) is 6. The van der Waals surface area contributed by atoms with Crippen LogP contribution in [0.5, 0.6) is 11.5 Å². The molecule has 2 aromatic carbocycles. The third-order valence-electron chi connectivity index (χ3n) is 4.86. The number of aryl methyl sites for hydroxylation is 1. The van der Waals surface area contributed by atoms with Gasteiger partial charge in [-0.05, 0) is 32.9 Å². The van der Waals surface area contributed by atoms with Crippen LogP contribution in [0.1, 0.15) is 65.3 Å². The second-order valence-electron chi connectivity index (χ2n) is 8.67. The van der Waals surface area contributed by atoms with E-state index in [9.17, 15) is 9.59 Å². The first-order valence-corrected chi connectivity index (χ1v) is 12.0. The maximum atomic E-state index is 13.1. The van der Waals surface area contributed by atoms with Gasteiger partial charge in [0.25, 0.3) is 11.8 Å². The van der Waals surface area contributed by atoms with Gasteiger partial charge in [-0.1, -0.05) is 39.0 Å². The molecule has 2 N–H and O–H groups in total. The minimum Gasteiger partial charge on any atom is -0.492 e. The van der Waals surface area contributed by atoms with Gasteiger partial charge in [-0.3, -0.25) is 9.59 Å². The number of hydrogen-bond donors (Lipinski definition) is 2. The Morgan fingerprint density at radius 3 is 1.91 bits per heavy atom. The van der Waals surface area contributed by atoms with Crippen LogP contribution in [0.3, 0.4) is 0 Å². The number of carbonyl (C=O) groups is 2. The summed E-state index contributed by atoms with van der Waals surface area (Å²) in [6.07, 6.45) is 0. The molecule has 0 saturated heterocycles. The zero-order valence-electron chi connectivity index (χ0n) is 20.4. The van der Waals surface area contributed by atoms with Crippen molar-refractivity contribution in [2.24, 2.45) is 0 Å².